The highest BCUT2D eigenvalue weighted by Gasteiger charge is 2.46. The lowest BCUT2D eigenvalue weighted by molar-refractivity contribution is 0.0263. The monoisotopic (exact) mass is 838 g/mol. The number of benzene rings is 2. The Morgan fingerprint density at radius 2 is 0.677 bits per heavy atom. The van der Waals surface area contributed by atoms with Gasteiger partial charge < -0.3 is 4.74 Å². The minimum absolute atomic E-state index is 0.0352. The van der Waals surface area contributed by atoms with Gasteiger partial charge in [0.25, 0.3) is 0 Å². The predicted octanol–water partition coefficient (Wildman–Crippen LogP) is 11.4. The van der Waals surface area contributed by atoms with E-state index in [0.717, 1.165) is 0 Å². The van der Waals surface area contributed by atoms with Gasteiger partial charge in [-0.25, -0.2) is 0 Å². The van der Waals surface area contributed by atoms with Crippen LogP contribution in [-0.4, -0.2) is 0 Å². The van der Waals surface area contributed by atoms with E-state index in [1.54, 1.807) is 45.2 Å². The van der Waals surface area contributed by atoms with Gasteiger partial charge in [-0.15, -0.1) is 12.8 Å². The lowest BCUT2D eigenvalue weighted by Crippen LogP contribution is -2.33. The van der Waals surface area contributed by atoms with Crippen LogP contribution in [0.3, 0.4) is 0 Å². The molecule has 0 N–H and O–H groups in total. The van der Waals surface area contributed by atoms with Crippen LogP contribution in [0.4, 0.5) is 0 Å². The van der Waals surface area contributed by atoms with Crippen molar-refractivity contribution in [2.75, 3.05) is 0 Å². The van der Waals surface area contributed by atoms with E-state index in [2.05, 4.69) is 11.8 Å². The third-order valence-electron chi connectivity index (χ3n) is 3.72. The third-order valence-corrected chi connectivity index (χ3v) is 10.4. The minimum Gasteiger partial charge on any atom is -0.316 e. The van der Waals surface area contributed by atoms with Gasteiger partial charge >= 0.3 is 0 Å². The van der Waals surface area contributed by atoms with Crippen LogP contribution < -0.4 is 0 Å². The normalized spacial score (nSPS) is 15.0. The molecule has 0 aromatic heterocycles. The standard InChI is InChI=1S/C18H2Cl10I2O/c1-3-17(29,5-7(19)11(23)15(27)12(24)8(5)20)31-18(30,4-2)6-9(21)13(25)16(28)14(26)10(6)22/h1-2H. The van der Waals surface area contributed by atoms with Gasteiger partial charge in [0.15, 0.2) is 0 Å². The van der Waals surface area contributed by atoms with Gasteiger partial charge in [-0.1, -0.05) is 128 Å². The molecule has 0 radical (unpaired) electrons. The van der Waals surface area contributed by atoms with Crippen LogP contribution in [0.15, 0.2) is 0 Å². The Kier molecular flexibility index (Phi) is 10.2. The van der Waals surface area contributed by atoms with Crippen LogP contribution in [0.25, 0.3) is 0 Å². The van der Waals surface area contributed by atoms with Gasteiger partial charge in [0.05, 0.1) is 50.2 Å². The quantitative estimate of drug-likeness (QED) is 0.0980. The number of ether oxygens (including phenoxy) is 1. The summed E-state index contributed by atoms with van der Waals surface area (Å²) in [5.74, 6) is 4.89. The summed E-state index contributed by atoms with van der Waals surface area (Å²) < 4.78 is 2.69. The van der Waals surface area contributed by atoms with E-state index in [1.807, 2.05) is 0 Å². The molecule has 0 saturated carbocycles. The van der Waals surface area contributed by atoms with E-state index in [0.29, 0.717) is 0 Å². The number of alkyl halides is 2. The predicted molar refractivity (Wildman–Crippen MR) is 153 cm³/mol. The van der Waals surface area contributed by atoms with Gasteiger partial charge in [-0.05, 0) is 45.2 Å². The van der Waals surface area contributed by atoms with Gasteiger partial charge in [0.2, 0.25) is 7.22 Å². The molecule has 0 heterocycles. The van der Waals surface area contributed by atoms with Crippen LogP contribution in [0.2, 0.25) is 50.2 Å². The van der Waals surface area contributed by atoms with Crippen molar-refractivity contribution in [1.29, 1.82) is 0 Å². The molecule has 2 aromatic rings. The maximum absolute atomic E-state index is 6.39. The summed E-state index contributed by atoms with van der Waals surface area (Å²) in [5.41, 5.74) is 0.0704. The van der Waals surface area contributed by atoms with E-state index >= 15 is 0 Å². The summed E-state index contributed by atoms with van der Waals surface area (Å²) in [7, 11) is 0. The van der Waals surface area contributed by atoms with Gasteiger partial charge in [-0.3, -0.25) is 0 Å². The van der Waals surface area contributed by atoms with Crippen LogP contribution in [0.5, 0.6) is 0 Å². The SMILES string of the molecule is C#CC(I)(OC(I)(C#C)c1c(Cl)c(Cl)c(Cl)c(Cl)c1Cl)c1c(Cl)c(Cl)c(Cl)c(Cl)c1Cl. The Morgan fingerprint density at radius 3 is 0.871 bits per heavy atom. The zero-order valence-corrected chi connectivity index (χ0v) is 26.0. The second kappa shape index (κ2) is 10.9. The number of terminal acetylenes is 2. The van der Waals surface area contributed by atoms with Gasteiger partial charge in [-0.2, -0.15) is 0 Å². The Bertz CT molecular complexity index is 1040. The van der Waals surface area contributed by atoms with Gasteiger partial charge in [0, 0.05) is 11.1 Å². The van der Waals surface area contributed by atoms with Gasteiger partial charge in [0.1, 0.15) is 0 Å². The van der Waals surface area contributed by atoms with Crippen molar-refractivity contribution in [2.24, 2.45) is 0 Å². The summed E-state index contributed by atoms with van der Waals surface area (Å²) in [6.45, 7) is 0. The molecule has 13 heteroatoms. The van der Waals surface area contributed by atoms with Crippen molar-refractivity contribution in [3.05, 3.63) is 61.4 Å². The first-order valence-electron chi connectivity index (χ1n) is 7.25. The van der Waals surface area contributed by atoms with Crippen molar-refractivity contribution in [3.8, 4) is 24.7 Å². The lowest BCUT2D eigenvalue weighted by Gasteiger charge is -2.34. The molecule has 1 nitrogen and oxygen atoms in total. The number of rotatable bonds is 4. The zero-order valence-electron chi connectivity index (χ0n) is 14.1. The molecule has 2 aromatic carbocycles. The first kappa shape index (κ1) is 29.1. The van der Waals surface area contributed by atoms with Crippen molar-refractivity contribution in [1.82, 2.24) is 0 Å². The van der Waals surface area contributed by atoms with Crippen LogP contribution in [0, 0.1) is 24.7 Å². The fraction of sp³-hybridized carbons (Fsp3) is 0.111. The molecule has 0 aliphatic heterocycles. The third kappa shape index (κ3) is 5.21. The average molecular weight is 843 g/mol. The summed E-state index contributed by atoms with van der Waals surface area (Å²) in [6, 6.07) is 0. The topological polar surface area (TPSA) is 9.23 Å². The average Bonchev–Trinajstić information content (AvgIpc) is 2.73. The molecule has 0 spiro atoms. The van der Waals surface area contributed by atoms with Crippen LogP contribution in [0.1, 0.15) is 11.1 Å². The van der Waals surface area contributed by atoms with E-state index in [4.69, 9.17) is 134 Å². The first-order valence-corrected chi connectivity index (χ1v) is 13.2. The highest BCUT2D eigenvalue weighted by atomic mass is 127. The molecule has 31 heavy (non-hydrogen) atoms. The largest absolute Gasteiger partial charge is 0.316 e. The van der Waals surface area contributed by atoms with Crippen molar-refractivity contribution < 1.29 is 4.74 Å². The summed E-state index contributed by atoms with van der Waals surface area (Å²) in [6.07, 6.45) is 11.6. The molecule has 0 bridgehead atoms. The molecule has 0 fully saturated rings. The van der Waals surface area contributed by atoms with E-state index in [1.165, 1.54) is 0 Å². The molecule has 0 saturated heterocycles. The fourth-order valence-corrected chi connectivity index (χ4v) is 7.88. The Balaban J connectivity index is 2.85. The first-order chi connectivity index (χ1) is 14.2. The molecule has 2 unspecified atom stereocenters. The Morgan fingerprint density at radius 1 is 0.484 bits per heavy atom. The van der Waals surface area contributed by atoms with E-state index in [9.17, 15) is 0 Å². The summed E-state index contributed by atoms with van der Waals surface area (Å²) >= 11 is 65.9. The molecule has 164 valence electrons. The number of hydrogen-bond acceptors (Lipinski definition) is 1. The highest BCUT2D eigenvalue weighted by Crippen LogP contribution is 2.56. The molecular weight excluding hydrogens is 841 g/mol. The van der Waals surface area contributed by atoms with E-state index < -0.39 is 7.22 Å². The van der Waals surface area contributed by atoms with Crippen molar-refractivity contribution >= 4 is 161 Å². The molecule has 2 atom stereocenters. The fourth-order valence-electron chi connectivity index (χ4n) is 2.27. The zero-order chi connectivity index (χ0) is 24.0. The van der Waals surface area contributed by atoms with Crippen LogP contribution in [-0.2, 0) is 12.0 Å². The lowest BCUT2D eigenvalue weighted by atomic mass is 10.1. The minimum atomic E-state index is -1.73. The van der Waals surface area contributed by atoms with Crippen molar-refractivity contribution in [3.63, 3.8) is 0 Å². The Labute approximate surface area is 255 Å². The maximum atomic E-state index is 6.39. The molecule has 0 aliphatic rings. The highest BCUT2D eigenvalue weighted by molar-refractivity contribution is 14.1. The van der Waals surface area contributed by atoms with Crippen LogP contribution >= 0.6 is 161 Å². The van der Waals surface area contributed by atoms with Crippen molar-refractivity contribution in [2.45, 2.75) is 7.22 Å². The summed E-state index contributed by atoms with van der Waals surface area (Å²) in [5, 5.41) is -0.802. The maximum Gasteiger partial charge on any atom is 0.211 e. The number of hydrogen-bond donors (Lipinski definition) is 0. The molecular formula is C18H2Cl10I2O. The second-order valence-corrected chi connectivity index (χ2v) is 12.3. The smallest absolute Gasteiger partial charge is 0.211 e. The number of halogens is 12. The molecule has 2 rings (SSSR count). The second-order valence-electron chi connectivity index (χ2n) is 5.47. The van der Waals surface area contributed by atoms with E-state index in [-0.39, 0.29) is 61.4 Å². The molecule has 0 amide bonds. The Hall–Kier alpha value is 1.88. The summed E-state index contributed by atoms with van der Waals surface area (Å²) in [4.78, 5) is 0. The molecule has 0 aliphatic carbocycles.